The summed E-state index contributed by atoms with van der Waals surface area (Å²) in [6, 6.07) is 12.5. The maximum atomic E-state index is 13.9. The molecule has 0 saturated heterocycles. The largest absolute Gasteiger partial charge is 0.370 e. The van der Waals surface area contributed by atoms with Gasteiger partial charge in [0.05, 0.1) is 0 Å². The minimum atomic E-state index is -0.314. The maximum Gasteiger partial charge on any atom is 0.271 e. The highest BCUT2D eigenvalue weighted by Gasteiger charge is 2.29. The second kappa shape index (κ2) is 7.95. The van der Waals surface area contributed by atoms with Gasteiger partial charge in [-0.2, -0.15) is 0 Å². The molecule has 4 rings (SSSR count). The molecule has 0 radical (unpaired) electrons. The highest BCUT2D eigenvalue weighted by molar-refractivity contribution is 6.11. The Hall–Kier alpha value is -3.35. The molecular weight excluding hydrogens is 369 g/mol. The van der Waals surface area contributed by atoms with Gasteiger partial charge < -0.3 is 21.4 Å². The van der Waals surface area contributed by atoms with Gasteiger partial charge in [-0.25, -0.2) is 4.39 Å². The van der Waals surface area contributed by atoms with E-state index in [0.29, 0.717) is 25.3 Å². The number of guanidine groups is 1. The fourth-order valence-corrected chi connectivity index (χ4v) is 3.92. The van der Waals surface area contributed by atoms with Crippen molar-refractivity contribution in [3.8, 4) is 11.1 Å². The summed E-state index contributed by atoms with van der Waals surface area (Å²) < 4.78 is 13.9. The number of carbonyl (C=O) groups is 1. The van der Waals surface area contributed by atoms with Crippen LogP contribution in [0, 0.1) is 5.82 Å². The Morgan fingerprint density at radius 1 is 1.14 bits per heavy atom. The fourth-order valence-electron chi connectivity index (χ4n) is 3.92. The van der Waals surface area contributed by atoms with Crippen molar-refractivity contribution >= 4 is 22.8 Å². The van der Waals surface area contributed by atoms with E-state index < -0.39 is 0 Å². The van der Waals surface area contributed by atoms with E-state index in [2.05, 4.69) is 9.98 Å². The van der Waals surface area contributed by atoms with Crippen molar-refractivity contribution in [2.75, 3.05) is 13.1 Å². The number of hydrogen-bond donors (Lipinski definition) is 3. The van der Waals surface area contributed by atoms with E-state index in [9.17, 15) is 9.18 Å². The highest BCUT2D eigenvalue weighted by atomic mass is 19.1. The molecule has 150 valence electrons. The Morgan fingerprint density at radius 2 is 1.97 bits per heavy atom. The van der Waals surface area contributed by atoms with E-state index in [4.69, 9.17) is 11.5 Å². The molecule has 5 N–H and O–H groups in total. The van der Waals surface area contributed by atoms with Crippen LogP contribution < -0.4 is 11.5 Å². The van der Waals surface area contributed by atoms with Crippen LogP contribution in [0.5, 0.6) is 0 Å². The summed E-state index contributed by atoms with van der Waals surface area (Å²) in [5.74, 6) is -0.268. The first-order chi connectivity index (χ1) is 14.0. The number of unbranched alkanes of at least 4 members (excludes halogenated alkanes) is 2. The molecule has 3 aromatic rings. The lowest BCUT2D eigenvalue weighted by atomic mass is 9.98. The quantitative estimate of drug-likeness (QED) is 0.340. The van der Waals surface area contributed by atoms with Crippen molar-refractivity contribution in [1.29, 1.82) is 0 Å². The smallest absolute Gasteiger partial charge is 0.271 e. The van der Waals surface area contributed by atoms with Gasteiger partial charge in [0.25, 0.3) is 5.91 Å². The number of aromatic amines is 1. The Kier molecular flexibility index (Phi) is 5.20. The second-order valence-electron chi connectivity index (χ2n) is 7.32. The highest BCUT2D eigenvalue weighted by Crippen LogP contribution is 2.38. The third kappa shape index (κ3) is 3.81. The first-order valence-electron chi connectivity index (χ1n) is 9.79. The van der Waals surface area contributed by atoms with E-state index in [1.807, 2.05) is 29.2 Å². The van der Waals surface area contributed by atoms with Gasteiger partial charge in [0, 0.05) is 36.1 Å². The van der Waals surface area contributed by atoms with Crippen molar-refractivity contribution in [3.05, 3.63) is 59.5 Å². The Morgan fingerprint density at radius 3 is 2.79 bits per heavy atom. The fraction of sp³-hybridized carbons (Fsp3) is 0.273. The molecule has 0 fully saturated rings. The molecule has 0 spiro atoms. The molecule has 7 heteroatoms. The number of rotatable bonds is 6. The molecule has 1 aliphatic heterocycles. The summed E-state index contributed by atoms with van der Waals surface area (Å²) in [5, 5.41) is 0.736. The molecule has 6 nitrogen and oxygen atoms in total. The van der Waals surface area contributed by atoms with Crippen LogP contribution in [-0.4, -0.2) is 34.8 Å². The van der Waals surface area contributed by atoms with E-state index in [1.165, 1.54) is 12.1 Å². The SMILES string of the molecule is NC(N)=NCCCCCN1Cc2ccccc2-c2c([nH]c3ccc(F)cc23)C1=O. The topological polar surface area (TPSA) is 100 Å². The van der Waals surface area contributed by atoms with Gasteiger partial charge in [0.2, 0.25) is 0 Å². The van der Waals surface area contributed by atoms with Crippen LogP contribution in [-0.2, 0) is 6.54 Å². The van der Waals surface area contributed by atoms with Crippen LogP contribution in [0.15, 0.2) is 47.5 Å². The molecule has 1 aliphatic rings. The van der Waals surface area contributed by atoms with Gasteiger partial charge >= 0.3 is 0 Å². The first kappa shape index (κ1) is 19.0. The van der Waals surface area contributed by atoms with Crippen molar-refractivity contribution in [1.82, 2.24) is 9.88 Å². The lowest BCUT2D eigenvalue weighted by Gasteiger charge is -2.21. The summed E-state index contributed by atoms with van der Waals surface area (Å²) >= 11 is 0. The van der Waals surface area contributed by atoms with Gasteiger partial charge in [-0.1, -0.05) is 24.3 Å². The molecule has 2 aromatic carbocycles. The zero-order valence-corrected chi connectivity index (χ0v) is 16.1. The molecule has 0 aliphatic carbocycles. The van der Waals surface area contributed by atoms with Gasteiger partial charge in [0.15, 0.2) is 5.96 Å². The molecule has 0 bridgehead atoms. The normalized spacial score (nSPS) is 13.1. The summed E-state index contributed by atoms with van der Waals surface area (Å²) in [7, 11) is 0. The summed E-state index contributed by atoms with van der Waals surface area (Å²) in [6.45, 7) is 1.76. The van der Waals surface area contributed by atoms with Gasteiger partial charge in [-0.15, -0.1) is 0 Å². The molecule has 29 heavy (non-hydrogen) atoms. The number of nitrogens with zero attached hydrogens (tertiary/aromatic N) is 2. The number of fused-ring (bicyclic) bond motifs is 5. The van der Waals surface area contributed by atoms with E-state index in [1.54, 1.807) is 6.07 Å². The van der Waals surface area contributed by atoms with Gasteiger partial charge in [-0.05, 0) is 48.6 Å². The number of H-pyrrole nitrogens is 1. The monoisotopic (exact) mass is 393 g/mol. The van der Waals surface area contributed by atoms with Crippen LogP contribution >= 0.6 is 0 Å². The van der Waals surface area contributed by atoms with Gasteiger partial charge in [-0.3, -0.25) is 9.79 Å². The van der Waals surface area contributed by atoms with E-state index in [-0.39, 0.29) is 17.7 Å². The minimum Gasteiger partial charge on any atom is -0.370 e. The minimum absolute atomic E-state index is 0.0583. The predicted molar refractivity (Wildman–Crippen MR) is 113 cm³/mol. The lowest BCUT2D eigenvalue weighted by molar-refractivity contribution is 0.0739. The zero-order valence-electron chi connectivity index (χ0n) is 16.1. The number of nitrogens with one attached hydrogen (secondary N) is 1. The van der Waals surface area contributed by atoms with Crippen LogP contribution in [0.3, 0.4) is 0 Å². The molecule has 1 amide bonds. The van der Waals surface area contributed by atoms with Crippen LogP contribution in [0.25, 0.3) is 22.0 Å². The standard InChI is InChI=1S/C22H24FN5O/c23-15-8-9-18-17(12-15)19-16-7-3-2-6-14(16)13-28(21(29)20(19)27-18)11-5-1-4-10-26-22(24)25/h2-3,6-9,12,27H,1,4-5,10-11,13H2,(H4,24,25,26). The number of nitrogens with two attached hydrogens (primary N) is 2. The number of hydrogen-bond acceptors (Lipinski definition) is 2. The first-order valence-corrected chi connectivity index (χ1v) is 9.79. The third-order valence-corrected chi connectivity index (χ3v) is 5.29. The predicted octanol–water partition coefficient (Wildman–Crippen LogP) is 3.37. The molecule has 2 heterocycles. The number of amides is 1. The van der Waals surface area contributed by atoms with Crippen LogP contribution in [0.2, 0.25) is 0 Å². The van der Waals surface area contributed by atoms with Crippen molar-refractivity contribution < 1.29 is 9.18 Å². The van der Waals surface area contributed by atoms with Crippen LogP contribution in [0.4, 0.5) is 4.39 Å². The molecule has 0 atom stereocenters. The van der Waals surface area contributed by atoms with E-state index in [0.717, 1.165) is 46.9 Å². The summed E-state index contributed by atoms with van der Waals surface area (Å²) in [6.07, 6.45) is 2.65. The number of carbonyl (C=O) groups excluding carboxylic acids is 1. The molecular formula is C22H24FN5O. The lowest BCUT2D eigenvalue weighted by Crippen LogP contribution is -2.31. The Bertz CT molecular complexity index is 1080. The number of benzene rings is 2. The average Bonchev–Trinajstić information content (AvgIpc) is 3.02. The molecule has 0 unspecified atom stereocenters. The third-order valence-electron chi connectivity index (χ3n) is 5.29. The molecule has 0 saturated carbocycles. The van der Waals surface area contributed by atoms with Gasteiger partial charge in [0.1, 0.15) is 11.5 Å². The summed E-state index contributed by atoms with van der Waals surface area (Å²) in [5.41, 5.74) is 14.8. The Balaban J connectivity index is 1.63. The summed E-state index contributed by atoms with van der Waals surface area (Å²) in [4.78, 5) is 22.4. The number of halogens is 1. The average molecular weight is 393 g/mol. The second-order valence-corrected chi connectivity index (χ2v) is 7.32. The Labute approximate surface area is 168 Å². The zero-order chi connectivity index (χ0) is 20.4. The van der Waals surface area contributed by atoms with E-state index >= 15 is 0 Å². The van der Waals surface area contributed by atoms with Crippen molar-refractivity contribution in [2.24, 2.45) is 16.5 Å². The van der Waals surface area contributed by atoms with Crippen molar-refractivity contribution in [3.63, 3.8) is 0 Å². The van der Waals surface area contributed by atoms with Crippen molar-refractivity contribution in [2.45, 2.75) is 25.8 Å². The number of aromatic nitrogens is 1. The molecule has 1 aromatic heterocycles. The van der Waals surface area contributed by atoms with Crippen LogP contribution in [0.1, 0.15) is 35.3 Å². The maximum absolute atomic E-state index is 13.9. The number of aliphatic imine (C=N–C) groups is 1.